The highest BCUT2D eigenvalue weighted by atomic mass is 35.5. The Labute approximate surface area is 230 Å². The first-order chi connectivity index (χ1) is 18.3. The molecule has 0 atom stereocenters. The molecule has 0 bridgehead atoms. The lowest BCUT2D eigenvalue weighted by Gasteiger charge is -2.27. The molecule has 4 rings (SSSR count). The number of hydrogen-bond donors (Lipinski definition) is 0. The summed E-state index contributed by atoms with van der Waals surface area (Å²) in [5.41, 5.74) is 2.74. The van der Waals surface area contributed by atoms with Crippen molar-refractivity contribution in [1.82, 2.24) is 9.80 Å². The summed E-state index contributed by atoms with van der Waals surface area (Å²) in [7, 11) is 0. The Morgan fingerprint density at radius 2 is 1.71 bits per heavy atom. The topological polar surface area (TPSA) is 70.8 Å². The van der Waals surface area contributed by atoms with Crippen molar-refractivity contribution in [3.05, 3.63) is 128 Å². The molecule has 194 valence electrons. The van der Waals surface area contributed by atoms with E-state index in [0.717, 1.165) is 11.1 Å². The number of halogens is 2. The van der Waals surface area contributed by atoms with Crippen molar-refractivity contribution in [2.75, 3.05) is 13.1 Å². The average molecular weight is 549 g/mol. The first-order valence-electron chi connectivity index (χ1n) is 11.9. The maximum atomic E-state index is 13.6. The van der Waals surface area contributed by atoms with E-state index in [9.17, 15) is 14.4 Å². The third kappa shape index (κ3) is 6.33. The van der Waals surface area contributed by atoms with E-state index in [1.54, 1.807) is 29.2 Å². The highest BCUT2D eigenvalue weighted by molar-refractivity contribution is 6.42. The Kier molecular flexibility index (Phi) is 8.66. The molecule has 0 N–H and O–H groups in total. The van der Waals surface area contributed by atoms with Crippen LogP contribution in [0, 0.1) is 6.92 Å². The van der Waals surface area contributed by atoms with Crippen molar-refractivity contribution < 1.29 is 14.0 Å². The summed E-state index contributed by atoms with van der Waals surface area (Å²) in [4.78, 5) is 43.1. The zero-order chi connectivity index (χ0) is 27.2. The highest BCUT2D eigenvalue weighted by Gasteiger charge is 2.24. The lowest BCUT2D eigenvalue weighted by molar-refractivity contribution is -0.133. The Morgan fingerprint density at radius 3 is 2.42 bits per heavy atom. The van der Waals surface area contributed by atoms with Crippen LogP contribution in [0.15, 0.2) is 94.9 Å². The van der Waals surface area contributed by atoms with Gasteiger partial charge in [-0.3, -0.25) is 14.4 Å². The molecule has 0 aliphatic rings. The number of nitrogens with zero attached hydrogens (tertiary/aromatic N) is 2. The maximum absolute atomic E-state index is 13.6. The van der Waals surface area contributed by atoms with Crippen molar-refractivity contribution in [3.8, 4) is 0 Å². The van der Waals surface area contributed by atoms with E-state index in [4.69, 9.17) is 27.6 Å². The van der Waals surface area contributed by atoms with Crippen molar-refractivity contribution in [2.24, 2.45) is 0 Å². The molecule has 0 unspecified atom stereocenters. The van der Waals surface area contributed by atoms with Gasteiger partial charge in [0.2, 0.25) is 5.91 Å². The van der Waals surface area contributed by atoms with Gasteiger partial charge in [-0.25, -0.2) is 0 Å². The number of carbonyl (C=O) groups excluding carboxylic acids is 2. The number of fused-ring (bicyclic) bond motifs is 1. The van der Waals surface area contributed by atoms with Gasteiger partial charge in [0.25, 0.3) is 5.91 Å². The predicted octanol–water partition coefficient (Wildman–Crippen LogP) is 6.27. The number of aryl methyl sites for hydroxylation is 1. The Balaban J connectivity index is 1.64. The zero-order valence-electron chi connectivity index (χ0n) is 20.8. The van der Waals surface area contributed by atoms with E-state index in [1.165, 1.54) is 23.3 Å². The minimum Gasteiger partial charge on any atom is -0.464 e. The fourth-order valence-electron chi connectivity index (χ4n) is 4.09. The largest absolute Gasteiger partial charge is 0.464 e. The first kappa shape index (κ1) is 27.2. The summed E-state index contributed by atoms with van der Waals surface area (Å²) in [6, 6.07) is 19.4. The van der Waals surface area contributed by atoms with E-state index in [2.05, 4.69) is 6.58 Å². The van der Waals surface area contributed by atoms with E-state index in [-0.39, 0.29) is 42.5 Å². The molecule has 0 aliphatic carbocycles. The van der Waals surface area contributed by atoms with Crippen molar-refractivity contribution in [2.45, 2.75) is 20.0 Å². The lowest BCUT2D eigenvalue weighted by Crippen LogP contribution is -2.43. The molecule has 0 saturated carbocycles. The number of rotatable bonds is 9. The molecule has 8 heteroatoms. The van der Waals surface area contributed by atoms with Gasteiger partial charge in [-0.2, -0.15) is 0 Å². The minimum absolute atomic E-state index is 0.0167. The van der Waals surface area contributed by atoms with Crippen LogP contribution in [0.4, 0.5) is 0 Å². The van der Waals surface area contributed by atoms with Gasteiger partial charge in [0.05, 0.1) is 33.8 Å². The SMILES string of the molecule is C=CCN(CC(=O)N(Cc1ccccc1)Cc1coc2ccc(C)cc2c1=O)C(=O)c1ccc(Cl)c(Cl)c1. The van der Waals surface area contributed by atoms with Crippen molar-refractivity contribution >= 4 is 46.0 Å². The van der Waals surface area contributed by atoms with Gasteiger partial charge in [-0.1, -0.05) is 71.2 Å². The molecule has 0 aliphatic heterocycles. The van der Waals surface area contributed by atoms with E-state index < -0.39 is 5.91 Å². The van der Waals surface area contributed by atoms with Crippen LogP contribution in [0.1, 0.15) is 27.0 Å². The molecule has 38 heavy (non-hydrogen) atoms. The maximum Gasteiger partial charge on any atom is 0.254 e. The van der Waals surface area contributed by atoms with Gasteiger partial charge in [-0.15, -0.1) is 6.58 Å². The second-order valence-electron chi connectivity index (χ2n) is 8.93. The standard InChI is InChI=1S/C30H26Cl2N2O4/c1-3-13-33(30(37)22-10-11-25(31)26(32)15-22)18-28(35)34(16-21-7-5-4-6-8-21)17-23-19-38-27-12-9-20(2)14-24(27)29(23)36/h3-12,14-15,19H,1,13,16-18H2,2H3. The normalized spacial score (nSPS) is 10.8. The summed E-state index contributed by atoms with van der Waals surface area (Å²) >= 11 is 12.1. The quantitative estimate of drug-likeness (QED) is 0.231. The van der Waals surface area contributed by atoms with Crippen LogP contribution < -0.4 is 5.43 Å². The van der Waals surface area contributed by atoms with Crippen LogP contribution in [-0.2, 0) is 17.9 Å². The Morgan fingerprint density at radius 1 is 0.947 bits per heavy atom. The zero-order valence-corrected chi connectivity index (χ0v) is 22.3. The fourth-order valence-corrected chi connectivity index (χ4v) is 4.38. The van der Waals surface area contributed by atoms with Gasteiger partial charge in [0.1, 0.15) is 12.1 Å². The van der Waals surface area contributed by atoms with Gasteiger partial charge >= 0.3 is 0 Å². The molecule has 1 heterocycles. The molecular weight excluding hydrogens is 523 g/mol. The molecule has 0 saturated heterocycles. The summed E-state index contributed by atoms with van der Waals surface area (Å²) in [5.74, 6) is -0.731. The number of amides is 2. The second-order valence-corrected chi connectivity index (χ2v) is 9.74. The molecule has 4 aromatic rings. The van der Waals surface area contributed by atoms with Gasteiger partial charge in [0.15, 0.2) is 5.43 Å². The number of benzene rings is 3. The van der Waals surface area contributed by atoms with Gasteiger partial charge < -0.3 is 14.2 Å². The molecular formula is C30H26Cl2N2O4. The predicted molar refractivity (Wildman–Crippen MR) is 150 cm³/mol. The molecule has 0 spiro atoms. The second kappa shape index (κ2) is 12.1. The molecule has 1 aromatic heterocycles. The highest BCUT2D eigenvalue weighted by Crippen LogP contribution is 2.23. The van der Waals surface area contributed by atoms with Crippen LogP contribution in [0.2, 0.25) is 10.0 Å². The summed E-state index contributed by atoms with van der Waals surface area (Å²) in [5, 5.41) is 1.03. The van der Waals surface area contributed by atoms with E-state index in [0.29, 0.717) is 27.1 Å². The van der Waals surface area contributed by atoms with Gasteiger partial charge in [0, 0.05) is 18.7 Å². The molecule has 3 aromatic carbocycles. The van der Waals surface area contributed by atoms with E-state index >= 15 is 0 Å². The third-order valence-electron chi connectivity index (χ3n) is 6.06. The van der Waals surface area contributed by atoms with Crippen LogP contribution in [0.5, 0.6) is 0 Å². The monoisotopic (exact) mass is 548 g/mol. The van der Waals surface area contributed by atoms with Crippen LogP contribution in [-0.4, -0.2) is 34.7 Å². The average Bonchev–Trinajstić information content (AvgIpc) is 2.91. The van der Waals surface area contributed by atoms with Crippen LogP contribution >= 0.6 is 23.2 Å². The fraction of sp³-hybridized carbons (Fsp3) is 0.167. The van der Waals surface area contributed by atoms with Crippen molar-refractivity contribution in [3.63, 3.8) is 0 Å². The number of carbonyl (C=O) groups is 2. The summed E-state index contributed by atoms with van der Waals surface area (Å²) in [6.07, 6.45) is 2.94. The third-order valence-corrected chi connectivity index (χ3v) is 6.80. The summed E-state index contributed by atoms with van der Waals surface area (Å²) < 4.78 is 5.71. The van der Waals surface area contributed by atoms with Crippen LogP contribution in [0.3, 0.4) is 0 Å². The van der Waals surface area contributed by atoms with Crippen LogP contribution in [0.25, 0.3) is 11.0 Å². The Hall–Kier alpha value is -3.87. The Bertz CT molecular complexity index is 1550. The minimum atomic E-state index is -0.392. The first-order valence-corrected chi connectivity index (χ1v) is 12.7. The molecule has 0 fully saturated rings. The molecule has 6 nitrogen and oxygen atoms in total. The number of hydrogen-bond acceptors (Lipinski definition) is 4. The van der Waals surface area contributed by atoms with E-state index in [1.807, 2.05) is 43.3 Å². The van der Waals surface area contributed by atoms with Crippen molar-refractivity contribution in [1.29, 1.82) is 0 Å². The lowest BCUT2D eigenvalue weighted by atomic mass is 10.1. The molecule has 2 amide bonds. The molecule has 0 radical (unpaired) electrons. The smallest absolute Gasteiger partial charge is 0.254 e. The summed E-state index contributed by atoms with van der Waals surface area (Å²) in [6.45, 7) is 5.80. The van der Waals surface area contributed by atoms with Gasteiger partial charge in [-0.05, 0) is 42.8 Å².